The third-order valence-corrected chi connectivity index (χ3v) is 5.35. The molecule has 0 spiro atoms. The number of benzene rings is 2. The van der Waals surface area contributed by atoms with Crippen molar-refractivity contribution in [3.05, 3.63) is 70.3 Å². The fraction of sp³-hybridized carbons (Fsp3) is 0.217. The van der Waals surface area contributed by atoms with Crippen molar-refractivity contribution in [3.8, 4) is 22.4 Å². The smallest absolute Gasteiger partial charge is 0.340 e. The van der Waals surface area contributed by atoms with Crippen LogP contribution in [0.25, 0.3) is 22.4 Å². The van der Waals surface area contributed by atoms with Crippen molar-refractivity contribution in [1.29, 1.82) is 0 Å². The normalized spacial score (nSPS) is 10.2. The molecule has 0 aliphatic heterocycles. The first-order valence-corrected chi connectivity index (χ1v) is 11.7. The molecular formula is C23H22Cl2INO4. The molecule has 1 heterocycles. The van der Waals surface area contributed by atoms with E-state index in [9.17, 15) is 9.59 Å². The molecule has 5 nitrogen and oxygen atoms in total. The third kappa shape index (κ3) is 6.72. The maximum absolute atomic E-state index is 12.4. The molecule has 31 heavy (non-hydrogen) atoms. The molecule has 0 aliphatic rings. The van der Waals surface area contributed by atoms with Gasteiger partial charge in [0.2, 0.25) is 0 Å². The molecule has 0 atom stereocenters. The number of rotatable bonds is 6. The molecule has 1 N–H and O–H groups in total. The number of carboxylic acid groups (broad SMARTS) is 1. The van der Waals surface area contributed by atoms with Gasteiger partial charge in [0.1, 0.15) is 0 Å². The fourth-order valence-corrected chi connectivity index (χ4v) is 3.69. The molecule has 164 valence electrons. The Balaban J connectivity index is 0.000000614. The van der Waals surface area contributed by atoms with E-state index in [2.05, 4.69) is 27.2 Å². The molecule has 0 radical (unpaired) electrons. The summed E-state index contributed by atoms with van der Waals surface area (Å²) < 4.78 is 8.02. The van der Waals surface area contributed by atoms with Crippen molar-refractivity contribution < 1.29 is 19.4 Å². The Kier molecular flexibility index (Phi) is 9.87. The molecule has 8 heteroatoms. The number of halogens is 3. The third-order valence-electron chi connectivity index (χ3n) is 4.36. The summed E-state index contributed by atoms with van der Waals surface area (Å²) in [5.74, 6) is -1.11. The van der Waals surface area contributed by atoms with Gasteiger partial charge < -0.3 is 14.4 Å². The second-order valence-corrected chi connectivity index (χ2v) is 8.35. The van der Waals surface area contributed by atoms with Crippen molar-refractivity contribution in [2.45, 2.75) is 19.9 Å². The number of methoxy groups -OCH3 is 1. The van der Waals surface area contributed by atoms with Gasteiger partial charge in [-0.15, -0.1) is 0 Å². The maximum atomic E-state index is 12.4. The Morgan fingerprint density at radius 3 is 1.90 bits per heavy atom. The van der Waals surface area contributed by atoms with Gasteiger partial charge in [0.25, 0.3) is 0 Å². The van der Waals surface area contributed by atoms with Gasteiger partial charge in [0.05, 0.1) is 18.4 Å². The number of carbonyl (C=O) groups is 2. The molecule has 0 saturated carbocycles. The lowest BCUT2D eigenvalue weighted by Crippen LogP contribution is -2.01. The predicted molar refractivity (Wildman–Crippen MR) is 133 cm³/mol. The highest BCUT2D eigenvalue weighted by Crippen LogP contribution is 2.38. The summed E-state index contributed by atoms with van der Waals surface area (Å²) in [4.78, 5) is 21.8. The van der Waals surface area contributed by atoms with E-state index in [4.69, 9.17) is 33.0 Å². The van der Waals surface area contributed by atoms with Crippen LogP contribution in [0.4, 0.5) is 0 Å². The minimum absolute atomic E-state index is 0.222. The van der Waals surface area contributed by atoms with Crippen molar-refractivity contribution in [2.75, 3.05) is 11.5 Å². The number of aliphatic carboxylic acids is 1. The van der Waals surface area contributed by atoms with Gasteiger partial charge in [-0.2, -0.15) is 0 Å². The summed E-state index contributed by atoms with van der Waals surface area (Å²) in [5.41, 5.74) is 4.22. The molecule has 0 aliphatic carbocycles. The highest BCUT2D eigenvalue weighted by Gasteiger charge is 2.23. The van der Waals surface area contributed by atoms with E-state index in [1.165, 1.54) is 7.11 Å². The zero-order valence-electron chi connectivity index (χ0n) is 17.1. The maximum Gasteiger partial charge on any atom is 0.340 e. The predicted octanol–water partition coefficient (Wildman–Crippen LogP) is 6.83. The van der Waals surface area contributed by atoms with Crippen molar-refractivity contribution in [2.24, 2.45) is 0 Å². The Bertz CT molecular complexity index is 1030. The number of carbonyl (C=O) groups excluding carboxylic acids is 1. The van der Waals surface area contributed by atoms with Gasteiger partial charge in [-0.25, -0.2) is 4.79 Å². The molecule has 1 aromatic heterocycles. The first-order chi connectivity index (χ1) is 14.8. The van der Waals surface area contributed by atoms with Gasteiger partial charge in [-0.1, -0.05) is 77.0 Å². The van der Waals surface area contributed by atoms with E-state index in [-0.39, 0.29) is 12.4 Å². The number of nitrogens with zero attached hydrogens (tertiary/aromatic N) is 1. The second kappa shape index (κ2) is 12.1. The van der Waals surface area contributed by atoms with Crippen LogP contribution in [0, 0.1) is 0 Å². The second-order valence-electron chi connectivity index (χ2n) is 6.40. The highest BCUT2D eigenvalue weighted by atomic mass is 127. The molecular weight excluding hydrogens is 552 g/mol. The quantitative estimate of drug-likeness (QED) is 0.199. The SMILES string of the molecule is CCC(=O)O.COC(=O)c1cn(CCI)c(-c2ccc(Cl)cc2)c1-c1ccc(Cl)cc1. The monoisotopic (exact) mass is 573 g/mol. The van der Waals surface area contributed by atoms with Crippen LogP contribution in [-0.2, 0) is 16.1 Å². The van der Waals surface area contributed by atoms with Crippen molar-refractivity contribution in [1.82, 2.24) is 4.57 Å². The molecule has 2 aromatic carbocycles. The zero-order chi connectivity index (χ0) is 23.0. The van der Waals surface area contributed by atoms with Gasteiger partial charge in [0, 0.05) is 39.2 Å². The van der Waals surface area contributed by atoms with Crippen LogP contribution < -0.4 is 0 Å². The largest absolute Gasteiger partial charge is 0.481 e. The molecule has 0 bridgehead atoms. The average Bonchev–Trinajstić information content (AvgIpc) is 3.14. The van der Waals surface area contributed by atoms with E-state index in [1.54, 1.807) is 6.92 Å². The van der Waals surface area contributed by atoms with Gasteiger partial charge in [-0.3, -0.25) is 4.79 Å². The van der Waals surface area contributed by atoms with Crippen LogP contribution in [0.3, 0.4) is 0 Å². The van der Waals surface area contributed by atoms with Crippen LogP contribution in [0.1, 0.15) is 23.7 Å². The number of alkyl halides is 1. The number of hydrogen-bond donors (Lipinski definition) is 1. The van der Waals surface area contributed by atoms with E-state index >= 15 is 0 Å². The number of carboxylic acids is 1. The molecule has 0 fully saturated rings. The van der Waals surface area contributed by atoms with Crippen molar-refractivity contribution >= 4 is 57.7 Å². The van der Waals surface area contributed by atoms with Crippen molar-refractivity contribution in [3.63, 3.8) is 0 Å². The van der Waals surface area contributed by atoms with Gasteiger partial charge >= 0.3 is 11.9 Å². The van der Waals surface area contributed by atoms with Crippen LogP contribution in [0.2, 0.25) is 10.0 Å². The fourth-order valence-electron chi connectivity index (χ4n) is 2.91. The van der Waals surface area contributed by atoms with E-state index in [0.717, 1.165) is 33.4 Å². The number of aryl methyl sites for hydroxylation is 1. The first-order valence-electron chi connectivity index (χ1n) is 9.43. The lowest BCUT2D eigenvalue weighted by atomic mass is 9.98. The zero-order valence-corrected chi connectivity index (χ0v) is 20.7. The molecule has 3 rings (SSSR count). The lowest BCUT2D eigenvalue weighted by molar-refractivity contribution is -0.136. The average molecular weight is 574 g/mol. The van der Waals surface area contributed by atoms with E-state index in [0.29, 0.717) is 15.6 Å². The van der Waals surface area contributed by atoms with E-state index < -0.39 is 5.97 Å². The topological polar surface area (TPSA) is 68.5 Å². The summed E-state index contributed by atoms with van der Waals surface area (Å²) >= 11 is 14.4. The number of ether oxygens (including phenoxy) is 1. The number of hydrogen-bond acceptors (Lipinski definition) is 3. The minimum atomic E-state index is -0.745. The lowest BCUT2D eigenvalue weighted by Gasteiger charge is -2.12. The summed E-state index contributed by atoms with van der Waals surface area (Å²) in [7, 11) is 1.39. The van der Waals surface area contributed by atoms with Crippen LogP contribution in [0.15, 0.2) is 54.7 Å². The molecule has 3 aromatic rings. The standard InChI is InChI=1S/C20H16Cl2INO2.C3H6O2/c1-26-20(25)17-12-24(11-10-23)19(14-4-8-16(22)9-5-14)18(17)13-2-6-15(21)7-3-13;1-2-3(4)5/h2-9,12H,10-11H2,1H3;2H2,1H3,(H,4,5). The van der Waals surface area contributed by atoms with Crippen LogP contribution >= 0.6 is 45.8 Å². The van der Waals surface area contributed by atoms with Gasteiger partial charge in [0.15, 0.2) is 0 Å². The highest BCUT2D eigenvalue weighted by molar-refractivity contribution is 14.1. The number of aromatic nitrogens is 1. The Hall–Kier alpha value is -2.03. The summed E-state index contributed by atoms with van der Waals surface area (Å²) in [6.45, 7) is 2.37. The Morgan fingerprint density at radius 1 is 1.00 bits per heavy atom. The first kappa shape index (κ1) is 25.2. The Labute approximate surface area is 205 Å². The number of esters is 1. The summed E-state index contributed by atoms with van der Waals surface area (Å²) in [5, 5.41) is 9.04. The van der Waals surface area contributed by atoms with Gasteiger partial charge in [-0.05, 0) is 35.4 Å². The van der Waals surface area contributed by atoms with Crippen LogP contribution in [-0.4, -0.2) is 33.1 Å². The van der Waals surface area contributed by atoms with E-state index in [1.807, 2.05) is 54.7 Å². The summed E-state index contributed by atoms with van der Waals surface area (Å²) in [6, 6.07) is 15.1. The molecule has 0 amide bonds. The minimum Gasteiger partial charge on any atom is -0.481 e. The Morgan fingerprint density at radius 2 is 1.48 bits per heavy atom. The summed E-state index contributed by atoms with van der Waals surface area (Å²) in [6.07, 6.45) is 2.08. The molecule has 0 unspecified atom stereocenters. The molecule has 0 saturated heterocycles. The van der Waals surface area contributed by atoms with Crippen LogP contribution in [0.5, 0.6) is 0 Å².